The molecule has 1 aliphatic carbocycles. The number of Topliss-reactive ketones (excluding diaryl/α,β-unsaturated/α-hetero) is 1. The van der Waals surface area contributed by atoms with Gasteiger partial charge in [-0.1, -0.05) is 20.3 Å². The molecule has 70 valence electrons. The summed E-state index contributed by atoms with van der Waals surface area (Å²) in [6, 6.07) is 0. The van der Waals surface area contributed by atoms with E-state index in [-0.39, 0.29) is 0 Å². The molecule has 1 nitrogen and oxygen atoms in total. The topological polar surface area (TPSA) is 17.1 Å². The molecule has 0 heterocycles. The van der Waals surface area contributed by atoms with E-state index in [2.05, 4.69) is 13.8 Å². The predicted octanol–water partition coefficient (Wildman–Crippen LogP) is 3.03. The van der Waals surface area contributed by atoms with Crippen molar-refractivity contribution in [3.8, 4) is 0 Å². The zero-order valence-corrected chi connectivity index (χ0v) is 8.82. The molecule has 2 heteroatoms. The van der Waals surface area contributed by atoms with Gasteiger partial charge >= 0.3 is 0 Å². The SMILES string of the molecule is CCC(C)SC1CCCCC1=O. The number of carbonyl (C=O) groups is 1. The highest BCUT2D eigenvalue weighted by molar-refractivity contribution is 8.01. The molecule has 2 unspecified atom stereocenters. The van der Waals surface area contributed by atoms with Crippen molar-refractivity contribution in [1.82, 2.24) is 0 Å². The molecule has 0 aliphatic heterocycles. The quantitative estimate of drug-likeness (QED) is 0.674. The molecule has 1 rings (SSSR count). The van der Waals surface area contributed by atoms with Gasteiger partial charge in [0.25, 0.3) is 0 Å². The normalized spacial score (nSPS) is 27.2. The minimum absolute atomic E-state index is 0.327. The summed E-state index contributed by atoms with van der Waals surface area (Å²) in [5.41, 5.74) is 0. The molecule has 1 aliphatic rings. The molecular formula is C10H18OS. The van der Waals surface area contributed by atoms with Gasteiger partial charge in [-0.2, -0.15) is 0 Å². The van der Waals surface area contributed by atoms with Crippen LogP contribution in [0.25, 0.3) is 0 Å². The van der Waals surface area contributed by atoms with E-state index in [0.717, 1.165) is 19.3 Å². The van der Waals surface area contributed by atoms with Crippen LogP contribution in [0.5, 0.6) is 0 Å². The van der Waals surface area contributed by atoms with Crippen LogP contribution in [0.2, 0.25) is 0 Å². The first-order valence-corrected chi connectivity index (χ1v) is 5.86. The summed E-state index contributed by atoms with van der Waals surface area (Å²) in [6.07, 6.45) is 5.49. The van der Waals surface area contributed by atoms with E-state index in [1.807, 2.05) is 11.8 Å². The predicted molar refractivity (Wildman–Crippen MR) is 54.6 cm³/mol. The van der Waals surface area contributed by atoms with Crippen molar-refractivity contribution in [3.05, 3.63) is 0 Å². The Morgan fingerprint density at radius 2 is 2.33 bits per heavy atom. The molecule has 0 spiro atoms. The highest BCUT2D eigenvalue weighted by Crippen LogP contribution is 2.29. The zero-order chi connectivity index (χ0) is 8.97. The zero-order valence-electron chi connectivity index (χ0n) is 8.01. The molecule has 12 heavy (non-hydrogen) atoms. The number of hydrogen-bond acceptors (Lipinski definition) is 2. The molecule has 0 amide bonds. The maximum atomic E-state index is 11.4. The summed E-state index contributed by atoms with van der Waals surface area (Å²) in [5, 5.41) is 0.978. The van der Waals surface area contributed by atoms with Gasteiger partial charge in [-0.15, -0.1) is 11.8 Å². The van der Waals surface area contributed by atoms with Crippen LogP contribution in [0.15, 0.2) is 0 Å². The molecule has 0 radical (unpaired) electrons. The summed E-state index contributed by atoms with van der Waals surface area (Å²) in [7, 11) is 0. The second kappa shape index (κ2) is 4.90. The summed E-state index contributed by atoms with van der Waals surface area (Å²) in [6.45, 7) is 4.40. The molecule has 1 fully saturated rings. The average Bonchev–Trinajstić information content (AvgIpc) is 2.09. The van der Waals surface area contributed by atoms with E-state index in [1.165, 1.54) is 12.8 Å². The van der Waals surface area contributed by atoms with Gasteiger partial charge in [-0.3, -0.25) is 4.79 Å². The Balaban J connectivity index is 2.34. The monoisotopic (exact) mass is 186 g/mol. The molecular weight excluding hydrogens is 168 g/mol. The van der Waals surface area contributed by atoms with Crippen molar-refractivity contribution in [2.45, 2.75) is 56.5 Å². The van der Waals surface area contributed by atoms with Crippen LogP contribution < -0.4 is 0 Å². The third-order valence-electron chi connectivity index (χ3n) is 2.47. The maximum Gasteiger partial charge on any atom is 0.145 e. The van der Waals surface area contributed by atoms with Gasteiger partial charge in [0, 0.05) is 11.7 Å². The Kier molecular flexibility index (Phi) is 4.13. The minimum Gasteiger partial charge on any atom is -0.298 e. The van der Waals surface area contributed by atoms with Crippen molar-refractivity contribution >= 4 is 17.5 Å². The van der Waals surface area contributed by atoms with E-state index >= 15 is 0 Å². The molecule has 0 saturated heterocycles. The fourth-order valence-electron chi connectivity index (χ4n) is 1.47. The van der Waals surface area contributed by atoms with E-state index in [1.54, 1.807) is 0 Å². The third-order valence-corrected chi connectivity index (χ3v) is 4.10. The first-order chi connectivity index (χ1) is 5.74. The maximum absolute atomic E-state index is 11.4. The lowest BCUT2D eigenvalue weighted by molar-refractivity contribution is -0.119. The van der Waals surface area contributed by atoms with Crippen LogP contribution in [0.3, 0.4) is 0 Å². The van der Waals surface area contributed by atoms with Crippen molar-refractivity contribution < 1.29 is 4.79 Å². The second-order valence-corrected chi connectivity index (χ2v) is 5.20. The second-order valence-electron chi connectivity index (χ2n) is 3.56. The molecule has 0 aromatic rings. The fraction of sp³-hybridized carbons (Fsp3) is 0.900. The van der Waals surface area contributed by atoms with Gasteiger partial charge in [0.2, 0.25) is 0 Å². The van der Waals surface area contributed by atoms with E-state index in [0.29, 0.717) is 16.3 Å². The molecule has 0 bridgehead atoms. The highest BCUT2D eigenvalue weighted by atomic mass is 32.2. The number of hydrogen-bond donors (Lipinski definition) is 0. The molecule has 2 atom stereocenters. The van der Waals surface area contributed by atoms with E-state index in [9.17, 15) is 4.79 Å². The Labute approximate surface area is 79.3 Å². The minimum atomic E-state index is 0.327. The Bertz CT molecular complexity index is 156. The fourth-order valence-corrected chi connectivity index (χ4v) is 2.80. The first-order valence-electron chi connectivity index (χ1n) is 4.92. The summed E-state index contributed by atoms with van der Waals surface area (Å²) in [5.74, 6) is 0.492. The van der Waals surface area contributed by atoms with Crippen molar-refractivity contribution in [1.29, 1.82) is 0 Å². The van der Waals surface area contributed by atoms with Gasteiger partial charge in [0.1, 0.15) is 5.78 Å². The lowest BCUT2D eigenvalue weighted by Crippen LogP contribution is -2.23. The lowest BCUT2D eigenvalue weighted by atomic mass is 9.99. The van der Waals surface area contributed by atoms with Crippen molar-refractivity contribution in [2.75, 3.05) is 0 Å². The van der Waals surface area contributed by atoms with Crippen LogP contribution >= 0.6 is 11.8 Å². The van der Waals surface area contributed by atoms with E-state index in [4.69, 9.17) is 0 Å². The number of ketones is 1. The van der Waals surface area contributed by atoms with Crippen LogP contribution in [-0.4, -0.2) is 16.3 Å². The number of thioether (sulfide) groups is 1. The van der Waals surface area contributed by atoms with Crippen LogP contribution in [0.1, 0.15) is 46.0 Å². The van der Waals surface area contributed by atoms with Crippen LogP contribution in [0.4, 0.5) is 0 Å². The summed E-state index contributed by atoms with van der Waals surface area (Å²) in [4.78, 5) is 11.4. The molecule has 0 aromatic carbocycles. The van der Waals surface area contributed by atoms with Crippen molar-refractivity contribution in [2.24, 2.45) is 0 Å². The third kappa shape index (κ3) is 2.81. The van der Waals surface area contributed by atoms with Gasteiger partial charge < -0.3 is 0 Å². The van der Waals surface area contributed by atoms with Gasteiger partial charge in [0.15, 0.2) is 0 Å². The first kappa shape index (κ1) is 10.1. The van der Waals surface area contributed by atoms with Crippen LogP contribution in [0, 0.1) is 0 Å². The lowest BCUT2D eigenvalue weighted by Gasteiger charge is -2.22. The standard InChI is InChI=1S/C10H18OS/c1-3-8(2)12-10-7-5-4-6-9(10)11/h8,10H,3-7H2,1-2H3. The largest absolute Gasteiger partial charge is 0.298 e. The molecule has 0 aromatic heterocycles. The number of carbonyl (C=O) groups excluding carboxylic acids is 1. The van der Waals surface area contributed by atoms with Gasteiger partial charge in [0.05, 0.1) is 5.25 Å². The smallest absolute Gasteiger partial charge is 0.145 e. The summed E-state index contributed by atoms with van der Waals surface area (Å²) < 4.78 is 0. The van der Waals surface area contributed by atoms with Gasteiger partial charge in [-0.05, 0) is 19.3 Å². The molecule has 0 N–H and O–H groups in total. The van der Waals surface area contributed by atoms with Crippen LogP contribution in [-0.2, 0) is 4.79 Å². The summed E-state index contributed by atoms with van der Waals surface area (Å²) >= 11 is 1.88. The van der Waals surface area contributed by atoms with E-state index < -0.39 is 0 Å². The average molecular weight is 186 g/mol. The van der Waals surface area contributed by atoms with Gasteiger partial charge in [-0.25, -0.2) is 0 Å². The Hall–Kier alpha value is 0.0200. The molecule has 1 saturated carbocycles. The number of rotatable bonds is 3. The Morgan fingerprint density at radius 1 is 1.58 bits per heavy atom. The highest BCUT2D eigenvalue weighted by Gasteiger charge is 2.23. The van der Waals surface area contributed by atoms with Crippen molar-refractivity contribution in [3.63, 3.8) is 0 Å². The Morgan fingerprint density at radius 3 is 2.92 bits per heavy atom.